The van der Waals surface area contributed by atoms with Crippen LogP contribution in [-0.4, -0.2) is 19.1 Å². The van der Waals surface area contributed by atoms with Gasteiger partial charge in [-0.25, -0.2) is 0 Å². The Hall–Kier alpha value is -3.11. The van der Waals surface area contributed by atoms with E-state index in [2.05, 4.69) is 33.9 Å². The number of methoxy groups -OCH3 is 1. The quantitative estimate of drug-likeness (QED) is 0.680. The Balaban J connectivity index is 1.89. The zero-order valence-corrected chi connectivity index (χ0v) is 14.7. The van der Waals surface area contributed by atoms with Crippen LogP contribution in [0.4, 0.5) is 17.1 Å². The van der Waals surface area contributed by atoms with Gasteiger partial charge < -0.3 is 15.4 Å². The third-order valence-electron chi connectivity index (χ3n) is 4.18. The van der Waals surface area contributed by atoms with E-state index in [4.69, 9.17) is 5.73 Å². The van der Waals surface area contributed by atoms with Gasteiger partial charge in [-0.3, -0.25) is 4.79 Å². The molecule has 0 aromatic heterocycles. The van der Waals surface area contributed by atoms with Crippen LogP contribution in [0.25, 0.3) is 0 Å². The van der Waals surface area contributed by atoms with E-state index in [1.54, 1.807) is 0 Å². The monoisotopic (exact) mass is 346 g/mol. The molecule has 3 aromatic rings. The number of rotatable bonds is 6. The Morgan fingerprint density at radius 1 is 0.846 bits per heavy atom. The van der Waals surface area contributed by atoms with Gasteiger partial charge in [0, 0.05) is 17.1 Å². The van der Waals surface area contributed by atoms with Gasteiger partial charge in [0.2, 0.25) is 0 Å². The lowest BCUT2D eigenvalue weighted by molar-refractivity contribution is -0.142. The van der Waals surface area contributed by atoms with E-state index in [1.165, 1.54) is 7.11 Å². The second kappa shape index (κ2) is 8.32. The van der Waals surface area contributed by atoms with Crippen LogP contribution in [-0.2, 0) is 16.0 Å². The van der Waals surface area contributed by atoms with Crippen LogP contribution in [0.5, 0.6) is 0 Å². The second-order valence-electron chi connectivity index (χ2n) is 6.01. The largest absolute Gasteiger partial charge is 0.468 e. The Kier molecular flexibility index (Phi) is 5.66. The molecule has 3 aromatic carbocycles. The summed E-state index contributed by atoms with van der Waals surface area (Å²) in [6, 6.07) is 27.8. The highest BCUT2D eigenvalue weighted by atomic mass is 16.5. The summed E-state index contributed by atoms with van der Waals surface area (Å²) in [5.41, 5.74) is 10.1. The Bertz CT molecular complexity index is 794. The molecule has 4 heteroatoms. The van der Waals surface area contributed by atoms with Crippen molar-refractivity contribution < 1.29 is 9.53 Å². The minimum Gasteiger partial charge on any atom is -0.468 e. The zero-order chi connectivity index (χ0) is 18.4. The van der Waals surface area contributed by atoms with Crippen LogP contribution in [0, 0.1) is 0 Å². The molecule has 26 heavy (non-hydrogen) atoms. The topological polar surface area (TPSA) is 55.6 Å². The summed E-state index contributed by atoms with van der Waals surface area (Å²) in [5.74, 6) is -0.399. The van der Waals surface area contributed by atoms with Gasteiger partial charge in [-0.2, -0.15) is 0 Å². The first-order valence-electron chi connectivity index (χ1n) is 8.51. The molecule has 1 atom stereocenters. The molecular formula is C22H22N2O2. The predicted octanol–water partition coefficient (Wildman–Crippen LogP) is 4.20. The van der Waals surface area contributed by atoms with Crippen LogP contribution in [0.1, 0.15) is 5.56 Å². The maximum Gasteiger partial charge on any atom is 0.322 e. The lowest BCUT2D eigenvalue weighted by Crippen LogP contribution is -2.33. The molecule has 0 heterocycles. The Morgan fingerprint density at radius 3 is 1.77 bits per heavy atom. The molecule has 3 rings (SSSR count). The summed E-state index contributed by atoms with van der Waals surface area (Å²) >= 11 is 0. The number of para-hydroxylation sites is 2. The van der Waals surface area contributed by atoms with Crippen LogP contribution < -0.4 is 10.6 Å². The minimum atomic E-state index is -0.648. The van der Waals surface area contributed by atoms with Gasteiger partial charge in [0.25, 0.3) is 0 Å². The van der Waals surface area contributed by atoms with Crippen molar-refractivity contribution in [2.24, 2.45) is 5.73 Å². The number of ether oxygens (including phenoxy) is 1. The summed E-state index contributed by atoms with van der Waals surface area (Å²) in [6.07, 6.45) is 0.448. The minimum absolute atomic E-state index is 0.399. The van der Waals surface area contributed by atoms with Gasteiger partial charge in [-0.15, -0.1) is 0 Å². The number of carbonyl (C=O) groups excluding carboxylic acids is 1. The van der Waals surface area contributed by atoms with Gasteiger partial charge in [0.05, 0.1) is 7.11 Å². The van der Waals surface area contributed by atoms with Crippen molar-refractivity contribution in [2.45, 2.75) is 12.5 Å². The molecule has 0 aliphatic rings. The molecular weight excluding hydrogens is 324 g/mol. The highest BCUT2D eigenvalue weighted by Gasteiger charge is 2.15. The number of hydrogen-bond acceptors (Lipinski definition) is 4. The number of anilines is 3. The SMILES string of the molecule is COC(=O)C(N)Cc1ccc(N(c2ccccc2)c2ccccc2)cc1. The number of nitrogens with zero attached hydrogens (tertiary/aromatic N) is 1. The van der Waals surface area contributed by atoms with E-state index in [-0.39, 0.29) is 0 Å². The maximum atomic E-state index is 11.5. The summed E-state index contributed by atoms with van der Waals surface area (Å²) in [5, 5.41) is 0. The fourth-order valence-corrected chi connectivity index (χ4v) is 2.87. The summed E-state index contributed by atoms with van der Waals surface area (Å²) in [6.45, 7) is 0. The number of nitrogens with two attached hydrogens (primary N) is 1. The normalized spacial score (nSPS) is 11.6. The molecule has 0 saturated heterocycles. The van der Waals surface area contributed by atoms with Gasteiger partial charge in [0.15, 0.2) is 0 Å². The molecule has 4 nitrogen and oxygen atoms in total. The molecule has 132 valence electrons. The van der Waals surface area contributed by atoms with Crippen LogP contribution >= 0.6 is 0 Å². The third kappa shape index (κ3) is 4.10. The van der Waals surface area contributed by atoms with Crippen molar-refractivity contribution in [2.75, 3.05) is 12.0 Å². The fraction of sp³-hybridized carbons (Fsp3) is 0.136. The molecule has 2 N–H and O–H groups in total. The zero-order valence-electron chi connectivity index (χ0n) is 14.7. The van der Waals surface area contributed by atoms with Crippen molar-refractivity contribution in [3.63, 3.8) is 0 Å². The van der Waals surface area contributed by atoms with E-state index in [9.17, 15) is 4.79 Å². The van der Waals surface area contributed by atoms with E-state index in [0.29, 0.717) is 6.42 Å². The Labute approximate surface area is 153 Å². The first-order chi connectivity index (χ1) is 12.7. The smallest absolute Gasteiger partial charge is 0.322 e. The first kappa shape index (κ1) is 17.7. The van der Waals surface area contributed by atoms with Crippen LogP contribution in [0.15, 0.2) is 84.9 Å². The summed E-state index contributed by atoms with van der Waals surface area (Å²) in [4.78, 5) is 13.7. The second-order valence-corrected chi connectivity index (χ2v) is 6.01. The summed E-state index contributed by atoms with van der Waals surface area (Å²) in [7, 11) is 1.35. The fourth-order valence-electron chi connectivity index (χ4n) is 2.87. The summed E-state index contributed by atoms with van der Waals surface area (Å²) < 4.78 is 4.69. The molecule has 0 amide bonds. The van der Waals surface area contributed by atoms with E-state index in [0.717, 1.165) is 22.6 Å². The first-order valence-corrected chi connectivity index (χ1v) is 8.51. The third-order valence-corrected chi connectivity index (χ3v) is 4.18. The van der Waals surface area contributed by atoms with Gasteiger partial charge in [0.1, 0.15) is 6.04 Å². The maximum absolute atomic E-state index is 11.5. The average Bonchev–Trinajstić information content (AvgIpc) is 2.70. The number of hydrogen-bond donors (Lipinski definition) is 1. The number of carbonyl (C=O) groups is 1. The number of esters is 1. The Morgan fingerprint density at radius 2 is 1.31 bits per heavy atom. The molecule has 0 radical (unpaired) electrons. The van der Waals surface area contributed by atoms with Crippen molar-refractivity contribution in [1.29, 1.82) is 0 Å². The average molecular weight is 346 g/mol. The van der Waals surface area contributed by atoms with E-state index >= 15 is 0 Å². The molecule has 0 bridgehead atoms. The number of benzene rings is 3. The molecule has 0 fully saturated rings. The standard InChI is InChI=1S/C22H22N2O2/c1-26-22(25)21(23)16-17-12-14-20(15-13-17)24(18-8-4-2-5-9-18)19-10-6-3-7-11-19/h2-15,21H,16,23H2,1H3. The van der Waals surface area contributed by atoms with Gasteiger partial charge in [-0.1, -0.05) is 48.5 Å². The lowest BCUT2D eigenvalue weighted by atomic mass is 10.1. The van der Waals surface area contributed by atoms with Crippen LogP contribution in [0.3, 0.4) is 0 Å². The molecule has 1 unspecified atom stereocenters. The molecule has 0 saturated carbocycles. The van der Waals surface area contributed by atoms with Crippen LogP contribution in [0.2, 0.25) is 0 Å². The molecule has 0 aliphatic heterocycles. The van der Waals surface area contributed by atoms with Crippen molar-refractivity contribution in [3.05, 3.63) is 90.5 Å². The molecule has 0 spiro atoms. The predicted molar refractivity (Wildman–Crippen MR) is 105 cm³/mol. The van der Waals surface area contributed by atoms with E-state index < -0.39 is 12.0 Å². The molecule has 0 aliphatic carbocycles. The lowest BCUT2D eigenvalue weighted by Gasteiger charge is -2.25. The van der Waals surface area contributed by atoms with Crippen molar-refractivity contribution in [1.82, 2.24) is 0 Å². The van der Waals surface area contributed by atoms with Gasteiger partial charge in [-0.05, 0) is 48.4 Å². The van der Waals surface area contributed by atoms with E-state index in [1.807, 2.05) is 60.7 Å². The van der Waals surface area contributed by atoms with Crippen molar-refractivity contribution in [3.8, 4) is 0 Å². The van der Waals surface area contributed by atoms with Gasteiger partial charge >= 0.3 is 5.97 Å². The van der Waals surface area contributed by atoms with Crippen molar-refractivity contribution >= 4 is 23.0 Å². The highest BCUT2D eigenvalue weighted by molar-refractivity contribution is 5.77. The highest BCUT2D eigenvalue weighted by Crippen LogP contribution is 2.34.